The fraction of sp³-hybridized carbons (Fsp3) is 0.909. The molecule has 2 aliphatic rings. The van der Waals surface area contributed by atoms with Gasteiger partial charge in [-0.2, -0.15) is 0 Å². The minimum absolute atomic E-state index is 0.0141. The molecule has 1 saturated heterocycles. The van der Waals surface area contributed by atoms with Gasteiger partial charge in [0.05, 0.1) is 13.6 Å². The SMILES string of the molecule is C[Si](C)(C)C1C(=O)OC12CCCCC2. The summed E-state index contributed by atoms with van der Waals surface area (Å²) in [4.78, 5) is 11.6. The summed E-state index contributed by atoms with van der Waals surface area (Å²) in [7, 11) is -1.37. The van der Waals surface area contributed by atoms with Crippen LogP contribution in [0.3, 0.4) is 0 Å². The standard InChI is InChI=1S/C11H20O2Si/c1-14(2,3)9-10(12)13-11(9)7-5-4-6-8-11/h9H,4-8H2,1-3H3. The number of rotatable bonds is 1. The summed E-state index contributed by atoms with van der Waals surface area (Å²) in [5.41, 5.74) is 0.259. The van der Waals surface area contributed by atoms with Crippen LogP contribution in [0.2, 0.25) is 25.2 Å². The van der Waals surface area contributed by atoms with Crippen LogP contribution in [-0.4, -0.2) is 19.6 Å². The van der Waals surface area contributed by atoms with E-state index in [1.54, 1.807) is 0 Å². The zero-order chi connectivity index (χ0) is 10.4. The predicted octanol–water partition coefficient (Wildman–Crippen LogP) is 2.95. The van der Waals surface area contributed by atoms with Crippen molar-refractivity contribution < 1.29 is 9.53 Å². The van der Waals surface area contributed by atoms with Crippen molar-refractivity contribution in [3.05, 3.63) is 0 Å². The van der Waals surface area contributed by atoms with Gasteiger partial charge in [0.2, 0.25) is 0 Å². The normalized spacial score (nSPS) is 31.1. The summed E-state index contributed by atoms with van der Waals surface area (Å²) in [6.45, 7) is 6.86. The summed E-state index contributed by atoms with van der Waals surface area (Å²) in [6.07, 6.45) is 6.04. The molecule has 0 aromatic heterocycles. The molecule has 0 amide bonds. The van der Waals surface area contributed by atoms with E-state index in [1.807, 2.05) is 0 Å². The number of hydrogen-bond donors (Lipinski definition) is 0. The molecule has 2 nitrogen and oxygen atoms in total. The second kappa shape index (κ2) is 3.09. The molecule has 2 fully saturated rings. The molecule has 3 heteroatoms. The zero-order valence-corrected chi connectivity index (χ0v) is 10.4. The van der Waals surface area contributed by atoms with E-state index in [0.29, 0.717) is 0 Å². The van der Waals surface area contributed by atoms with Gasteiger partial charge in [-0.1, -0.05) is 26.1 Å². The Morgan fingerprint density at radius 2 is 1.79 bits per heavy atom. The van der Waals surface area contributed by atoms with Crippen molar-refractivity contribution in [2.45, 2.75) is 62.9 Å². The van der Waals surface area contributed by atoms with Crippen LogP contribution in [0.25, 0.3) is 0 Å². The third-order valence-corrected chi connectivity index (χ3v) is 6.13. The maximum absolute atomic E-state index is 11.6. The monoisotopic (exact) mass is 212 g/mol. The van der Waals surface area contributed by atoms with Gasteiger partial charge in [0.25, 0.3) is 0 Å². The molecule has 1 atom stereocenters. The van der Waals surface area contributed by atoms with Gasteiger partial charge >= 0.3 is 5.97 Å². The van der Waals surface area contributed by atoms with Crippen LogP contribution >= 0.6 is 0 Å². The molecule has 1 aliphatic heterocycles. The van der Waals surface area contributed by atoms with Gasteiger partial charge in [-0.3, -0.25) is 4.79 Å². The third-order valence-electron chi connectivity index (χ3n) is 3.63. The Bertz CT molecular complexity index is 249. The van der Waals surface area contributed by atoms with Gasteiger partial charge in [0.1, 0.15) is 5.60 Å². The smallest absolute Gasteiger partial charge is 0.310 e. The number of carbonyl (C=O) groups is 1. The fourth-order valence-electron chi connectivity index (χ4n) is 3.16. The Hall–Kier alpha value is -0.313. The summed E-state index contributed by atoms with van der Waals surface area (Å²) in [5, 5.41) is 0. The summed E-state index contributed by atoms with van der Waals surface area (Å²) in [5.74, 6) is 0.0890. The Balaban J connectivity index is 2.17. The Labute approximate surface area is 87.0 Å². The summed E-state index contributed by atoms with van der Waals surface area (Å²) in [6, 6.07) is 0. The van der Waals surface area contributed by atoms with E-state index in [9.17, 15) is 4.79 Å². The first kappa shape index (κ1) is 10.2. The first-order valence-electron chi connectivity index (χ1n) is 5.69. The van der Waals surface area contributed by atoms with Gasteiger partial charge < -0.3 is 4.74 Å². The lowest BCUT2D eigenvalue weighted by Crippen LogP contribution is -2.62. The van der Waals surface area contributed by atoms with Crippen LogP contribution in [-0.2, 0) is 9.53 Å². The van der Waals surface area contributed by atoms with Gasteiger partial charge in [0, 0.05) is 0 Å². The molecular weight excluding hydrogens is 192 g/mol. The predicted molar refractivity (Wildman–Crippen MR) is 59.0 cm³/mol. The lowest BCUT2D eigenvalue weighted by Gasteiger charge is -2.54. The van der Waals surface area contributed by atoms with E-state index in [4.69, 9.17) is 4.74 Å². The van der Waals surface area contributed by atoms with Crippen molar-refractivity contribution in [2.75, 3.05) is 0 Å². The number of ether oxygens (including phenoxy) is 1. The first-order valence-corrected chi connectivity index (χ1v) is 9.26. The molecule has 1 spiro atoms. The maximum atomic E-state index is 11.6. The quantitative estimate of drug-likeness (QED) is 0.493. The van der Waals surface area contributed by atoms with Gasteiger partial charge in [-0.05, 0) is 25.7 Å². The van der Waals surface area contributed by atoms with Crippen molar-refractivity contribution in [3.63, 3.8) is 0 Å². The van der Waals surface area contributed by atoms with Crippen molar-refractivity contribution in [2.24, 2.45) is 0 Å². The topological polar surface area (TPSA) is 26.3 Å². The molecule has 1 heterocycles. The minimum Gasteiger partial charge on any atom is -0.458 e. The molecule has 0 bridgehead atoms. The lowest BCUT2D eigenvalue weighted by molar-refractivity contribution is -0.197. The van der Waals surface area contributed by atoms with Crippen LogP contribution in [0.4, 0.5) is 0 Å². The van der Waals surface area contributed by atoms with Crippen LogP contribution in [0.1, 0.15) is 32.1 Å². The molecule has 0 aromatic carbocycles. The second-order valence-electron chi connectivity index (χ2n) is 5.85. The summed E-state index contributed by atoms with van der Waals surface area (Å²) >= 11 is 0. The fourth-order valence-corrected chi connectivity index (χ4v) is 5.85. The molecule has 1 aliphatic carbocycles. The molecule has 1 saturated carbocycles. The first-order chi connectivity index (χ1) is 6.46. The Kier molecular flexibility index (Phi) is 2.25. The van der Waals surface area contributed by atoms with E-state index < -0.39 is 8.07 Å². The average molecular weight is 212 g/mol. The molecule has 2 rings (SSSR count). The van der Waals surface area contributed by atoms with Crippen LogP contribution < -0.4 is 0 Å². The molecule has 0 aromatic rings. The number of esters is 1. The molecule has 1 unspecified atom stereocenters. The van der Waals surface area contributed by atoms with E-state index in [2.05, 4.69) is 19.6 Å². The lowest BCUT2D eigenvalue weighted by atomic mass is 9.78. The van der Waals surface area contributed by atoms with Gasteiger partial charge in [-0.25, -0.2) is 0 Å². The van der Waals surface area contributed by atoms with Gasteiger partial charge in [0.15, 0.2) is 0 Å². The highest BCUT2D eigenvalue weighted by atomic mass is 28.3. The highest BCUT2D eigenvalue weighted by Crippen LogP contribution is 2.53. The Morgan fingerprint density at radius 3 is 2.21 bits per heavy atom. The van der Waals surface area contributed by atoms with Crippen molar-refractivity contribution in [1.82, 2.24) is 0 Å². The molecular formula is C11H20O2Si. The van der Waals surface area contributed by atoms with E-state index in [1.165, 1.54) is 19.3 Å². The van der Waals surface area contributed by atoms with Crippen molar-refractivity contribution in [3.8, 4) is 0 Å². The van der Waals surface area contributed by atoms with Crippen molar-refractivity contribution in [1.29, 1.82) is 0 Å². The number of hydrogen-bond acceptors (Lipinski definition) is 2. The van der Waals surface area contributed by atoms with Crippen LogP contribution in [0.15, 0.2) is 0 Å². The average Bonchev–Trinajstić information content (AvgIpc) is 2.01. The second-order valence-corrected chi connectivity index (χ2v) is 11.2. The zero-order valence-electron chi connectivity index (χ0n) is 9.43. The molecule has 0 radical (unpaired) electrons. The molecule has 80 valence electrons. The van der Waals surface area contributed by atoms with E-state index >= 15 is 0 Å². The van der Waals surface area contributed by atoms with E-state index in [-0.39, 0.29) is 17.1 Å². The van der Waals surface area contributed by atoms with E-state index in [0.717, 1.165) is 12.8 Å². The largest absolute Gasteiger partial charge is 0.458 e. The Morgan fingerprint density at radius 1 is 1.21 bits per heavy atom. The summed E-state index contributed by atoms with van der Waals surface area (Å²) < 4.78 is 5.50. The minimum atomic E-state index is -1.37. The van der Waals surface area contributed by atoms with Crippen LogP contribution in [0.5, 0.6) is 0 Å². The highest BCUT2D eigenvalue weighted by Gasteiger charge is 2.61. The van der Waals surface area contributed by atoms with Crippen molar-refractivity contribution >= 4 is 14.0 Å². The van der Waals surface area contributed by atoms with Gasteiger partial charge in [-0.15, -0.1) is 0 Å². The maximum Gasteiger partial charge on any atom is 0.310 e. The molecule has 14 heavy (non-hydrogen) atoms. The third kappa shape index (κ3) is 1.42. The highest BCUT2D eigenvalue weighted by molar-refractivity contribution is 6.81. The molecule has 0 N–H and O–H groups in total. The number of carbonyl (C=O) groups excluding carboxylic acids is 1. The van der Waals surface area contributed by atoms with Crippen LogP contribution in [0, 0.1) is 0 Å².